The SMILES string of the molecule is CO/N=C(/C(=O)NC1C(=O)N2C(C(=O)O)=C(/C=C/c3cncs3)CS[C@H]12)c1csc(N)n1.[NaH]. The molecule has 0 radical (unpaired) electrons. The number of nitrogens with two attached hydrogens (primary N) is 1. The number of fused-ring (bicyclic) bond motifs is 1. The first-order valence-electron chi connectivity index (χ1n) is 9.01. The number of aromatic nitrogens is 2. The fourth-order valence-corrected chi connectivity index (χ4v) is 5.54. The zero-order chi connectivity index (χ0) is 22.8. The fraction of sp³-hybridized carbons (Fsp3) is 0.222. The predicted octanol–water partition coefficient (Wildman–Crippen LogP) is 0.336. The standard InChI is InChI=1S/C18H16N6O5S3.Na.H/c1-29-23-11(10-6-31-18(19)21-10)14(25)22-12-15(26)24-13(17(27)28)8(5-30-16(12)24)2-3-9-4-20-7-32-9;;/h2-4,6-7,12,16H,5H2,1H3,(H2,19,21)(H,22,25)(H,27,28);;/b3-2+,23-11+;;/t12?,16-;;/m1../s1. The number of thiazole rings is 2. The van der Waals surface area contributed by atoms with Crippen LogP contribution in [0.4, 0.5) is 5.13 Å². The number of allylic oxidation sites excluding steroid dienone is 1. The van der Waals surface area contributed by atoms with Crippen LogP contribution < -0.4 is 11.1 Å². The number of nitrogens with one attached hydrogen (secondary N) is 1. The van der Waals surface area contributed by atoms with Crippen molar-refractivity contribution in [3.05, 3.63) is 45.0 Å². The van der Waals surface area contributed by atoms with Crippen molar-refractivity contribution in [1.29, 1.82) is 0 Å². The average Bonchev–Trinajstić information content (AvgIpc) is 3.45. The average molecular weight is 517 g/mol. The van der Waals surface area contributed by atoms with Crippen molar-refractivity contribution in [2.24, 2.45) is 5.16 Å². The van der Waals surface area contributed by atoms with Crippen molar-refractivity contribution in [3.8, 4) is 0 Å². The Labute approximate surface area is 222 Å². The normalized spacial score (nSPS) is 20.2. The van der Waals surface area contributed by atoms with Crippen LogP contribution in [0.5, 0.6) is 0 Å². The third-order valence-electron chi connectivity index (χ3n) is 4.55. The van der Waals surface area contributed by atoms with E-state index >= 15 is 0 Å². The number of oxime groups is 1. The predicted molar refractivity (Wildman–Crippen MR) is 128 cm³/mol. The van der Waals surface area contributed by atoms with E-state index in [0.29, 0.717) is 11.3 Å². The van der Waals surface area contributed by atoms with Crippen LogP contribution in [0.1, 0.15) is 10.6 Å². The van der Waals surface area contributed by atoms with E-state index in [4.69, 9.17) is 10.6 Å². The van der Waals surface area contributed by atoms with Gasteiger partial charge in [-0.2, -0.15) is 0 Å². The summed E-state index contributed by atoms with van der Waals surface area (Å²) in [6.07, 6.45) is 5.10. The number of amides is 2. The van der Waals surface area contributed by atoms with Gasteiger partial charge in [0.15, 0.2) is 10.8 Å². The number of thioether (sulfide) groups is 1. The third-order valence-corrected chi connectivity index (χ3v) is 7.27. The van der Waals surface area contributed by atoms with Gasteiger partial charge in [0.2, 0.25) is 0 Å². The van der Waals surface area contributed by atoms with E-state index in [9.17, 15) is 19.5 Å². The van der Waals surface area contributed by atoms with Gasteiger partial charge in [-0.15, -0.1) is 34.4 Å². The molecule has 0 bridgehead atoms. The molecule has 2 aromatic rings. The Morgan fingerprint density at radius 3 is 2.79 bits per heavy atom. The number of carboxylic acids is 1. The first-order chi connectivity index (χ1) is 15.4. The van der Waals surface area contributed by atoms with Crippen LogP contribution >= 0.6 is 34.4 Å². The van der Waals surface area contributed by atoms with E-state index in [1.807, 2.05) is 0 Å². The third kappa shape index (κ3) is 5.15. The molecule has 2 aliphatic rings. The molecule has 168 valence electrons. The Kier molecular flexibility index (Phi) is 8.31. The van der Waals surface area contributed by atoms with Crippen LogP contribution in [0, 0.1) is 0 Å². The molecule has 4 rings (SSSR count). The second-order valence-corrected chi connectivity index (χ2v) is 9.38. The number of nitrogens with zero attached hydrogens (tertiary/aromatic N) is 4. The summed E-state index contributed by atoms with van der Waals surface area (Å²) in [4.78, 5) is 52.3. The summed E-state index contributed by atoms with van der Waals surface area (Å²) in [5.74, 6) is -2.05. The Bertz CT molecular complexity index is 1160. The van der Waals surface area contributed by atoms with Crippen molar-refractivity contribution in [3.63, 3.8) is 0 Å². The van der Waals surface area contributed by atoms with Crippen molar-refractivity contribution in [1.82, 2.24) is 20.2 Å². The zero-order valence-electron chi connectivity index (χ0n) is 16.4. The van der Waals surface area contributed by atoms with Crippen molar-refractivity contribution in [2.75, 3.05) is 18.6 Å². The van der Waals surface area contributed by atoms with Crippen LogP contribution in [-0.2, 0) is 19.2 Å². The van der Waals surface area contributed by atoms with E-state index in [1.165, 1.54) is 35.1 Å². The summed E-state index contributed by atoms with van der Waals surface area (Å²) in [5, 5.41) is 17.3. The molecule has 1 unspecified atom stereocenters. The van der Waals surface area contributed by atoms with Gasteiger partial charge in [0, 0.05) is 22.2 Å². The summed E-state index contributed by atoms with van der Waals surface area (Å²) < 4.78 is 0. The number of hydrogen-bond donors (Lipinski definition) is 3. The van der Waals surface area contributed by atoms with Crippen LogP contribution in [0.15, 0.2) is 39.6 Å². The van der Waals surface area contributed by atoms with Gasteiger partial charge in [-0.25, -0.2) is 9.78 Å². The number of nitrogen functional groups attached to an aromatic ring is 1. The Balaban J connectivity index is 0.00000306. The van der Waals surface area contributed by atoms with Crippen LogP contribution in [0.25, 0.3) is 6.08 Å². The minimum atomic E-state index is -1.21. The van der Waals surface area contributed by atoms with Gasteiger partial charge in [-0.05, 0) is 11.6 Å². The summed E-state index contributed by atoms with van der Waals surface area (Å²) in [5.41, 5.74) is 7.79. The zero-order valence-corrected chi connectivity index (χ0v) is 18.9. The van der Waals surface area contributed by atoms with E-state index in [2.05, 4.69) is 20.4 Å². The Morgan fingerprint density at radius 1 is 1.39 bits per heavy atom. The van der Waals surface area contributed by atoms with Crippen molar-refractivity contribution in [2.45, 2.75) is 11.4 Å². The van der Waals surface area contributed by atoms with Gasteiger partial charge < -0.3 is 21.0 Å². The van der Waals surface area contributed by atoms with Gasteiger partial charge in [0.25, 0.3) is 11.8 Å². The first-order valence-corrected chi connectivity index (χ1v) is 11.8. The molecule has 0 saturated carbocycles. The molecule has 11 nitrogen and oxygen atoms in total. The molecule has 0 aromatic carbocycles. The number of anilines is 1. The number of β-lactam (4-membered cyclic amide) rings is 1. The van der Waals surface area contributed by atoms with E-state index in [-0.39, 0.29) is 51.8 Å². The molecule has 1 saturated heterocycles. The second kappa shape index (κ2) is 10.8. The number of carbonyl (C=O) groups is 3. The molecular formula is C18H17N6NaO5S3. The maximum atomic E-state index is 12.8. The number of carboxylic acid groups (broad SMARTS) is 1. The molecule has 33 heavy (non-hydrogen) atoms. The molecule has 2 atom stereocenters. The first kappa shape index (κ1) is 25.4. The van der Waals surface area contributed by atoms with E-state index in [0.717, 1.165) is 16.2 Å². The number of rotatable bonds is 7. The molecule has 2 aromatic heterocycles. The molecule has 2 aliphatic heterocycles. The van der Waals surface area contributed by atoms with Crippen molar-refractivity contribution >= 4 is 98.7 Å². The van der Waals surface area contributed by atoms with Crippen LogP contribution in [0.3, 0.4) is 0 Å². The summed E-state index contributed by atoms with van der Waals surface area (Å²) in [6, 6.07) is -0.910. The number of aliphatic carboxylic acids is 1. The molecule has 0 aliphatic carbocycles. The van der Waals surface area contributed by atoms with Gasteiger partial charge in [-0.1, -0.05) is 11.2 Å². The topological polar surface area (TPSA) is 160 Å². The Morgan fingerprint density at radius 2 is 2.18 bits per heavy atom. The second-order valence-electron chi connectivity index (χ2n) is 6.47. The molecule has 2 amide bonds. The Hall–Kier alpha value is -2.23. The fourth-order valence-electron chi connectivity index (χ4n) is 3.16. The van der Waals surface area contributed by atoms with Crippen molar-refractivity contribution < 1.29 is 24.3 Å². The van der Waals surface area contributed by atoms with Crippen LogP contribution in [-0.4, -0.2) is 97.3 Å². The molecule has 4 heterocycles. The van der Waals surface area contributed by atoms with Gasteiger partial charge >= 0.3 is 35.5 Å². The summed E-state index contributed by atoms with van der Waals surface area (Å²) in [7, 11) is 1.28. The molecule has 4 N–H and O–H groups in total. The summed E-state index contributed by atoms with van der Waals surface area (Å²) >= 11 is 3.90. The minimum absolute atomic E-state index is 0. The van der Waals surface area contributed by atoms with Gasteiger partial charge in [0.1, 0.15) is 29.9 Å². The molecule has 0 spiro atoms. The summed E-state index contributed by atoms with van der Waals surface area (Å²) in [6.45, 7) is 0. The van der Waals surface area contributed by atoms with Gasteiger partial charge in [-0.3, -0.25) is 19.5 Å². The van der Waals surface area contributed by atoms with Crippen LogP contribution in [0.2, 0.25) is 0 Å². The van der Waals surface area contributed by atoms with E-state index < -0.39 is 29.2 Å². The quantitative estimate of drug-likeness (QED) is 0.204. The number of carbonyl (C=O) groups excluding carboxylic acids is 2. The van der Waals surface area contributed by atoms with E-state index in [1.54, 1.807) is 29.2 Å². The molecular weight excluding hydrogens is 499 g/mol. The molecule has 1 fully saturated rings. The maximum absolute atomic E-state index is 12.8. The van der Waals surface area contributed by atoms with Gasteiger partial charge in [0.05, 0.1) is 5.51 Å². The number of hydrogen-bond acceptors (Lipinski definition) is 11. The monoisotopic (exact) mass is 516 g/mol. The molecule has 15 heteroatoms.